The molecule has 0 radical (unpaired) electrons. The van der Waals surface area contributed by atoms with E-state index in [0.29, 0.717) is 18.5 Å². The topological polar surface area (TPSA) is 55.8 Å². The van der Waals surface area contributed by atoms with Crippen molar-refractivity contribution in [2.45, 2.75) is 25.4 Å². The minimum atomic E-state index is 0. The highest BCUT2D eigenvalue weighted by Gasteiger charge is 2.30. The van der Waals surface area contributed by atoms with Crippen LogP contribution in [0, 0.1) is 5.92 Å². The second-order valence-electron chi connectivity index (χ2n) is 8.07. The quantitative estimate of drug-likeness (QED) is 0.318. The zero-order valence-electron chi connectivity index (χ0n) is 18.8. The van der Waals surface area contributed by atoms with E-state index in [-0.39, 0.29) is 24.0 Å². The number of aliphatic imine (C=N–C) groups is 1. The fraction of sp³-hybridized carbons (Fsp3) is 0.478. The van der Waals surface area contributed by atoms with Crippen molar-refractivity contribution in [2.75, 3.05) is 46.2 Å². The van der Waals surface area contributed by atoms with E-state index < -0.39 is 0 Å². The van der Waals surface area contributed by atoms with Crippen molar-refractivity contribution in [3.63, 3.8) is 0 Å². The second kappa shape index (κ2) is 12.5. The van der Waals surface area contributed by atoms with E-state index in [1.165, 1.54) is 18.4 Å². The molecule has 0 bridgehead atoms. The van der Waals surface area contributed by atoms with Gasteiger partial charge in [0.05, 0.1) is 0 Å². The maximum absolute atomic E-state index is 6.27. The number of likely N-dealkylation sites (tertiary alicyclic amines) is 1. The monoisotopic (exact) mass is 556 g/mol. The predicted octanol–water partition coefficient (Wildman–Crippen LogP) is 4.17. The lowest BCUT2D eigenvalue weighted by Gasteiger charge is -2.40. The smallest absolute Gasteiger partial charge is 0.191 e. The predicted molar refractivity (Wildman–Crippen MR) is 142 cm³/mol. The van der Waals surface area contributed by atoms with E-state index in [9.17, 15) is 0 Å². The van der Waals surface area contributed by atoms with E-state index in [1.807, 2.05) is 50.4 Å². The molecule has 0 saturated carbocycles. The first kappa shape index (κ1) is 25.7. The van der Waals surface area contributed by atoms with Crippen molar-refractivity contribution in [3.8, 4) is 0 Å². The molecule has 170 valence electrons. The number of nitrogens with one attached hydrogen (secondary N) is 2. The highest BCUT2D eigenvalue weighted by molar-refractivity contribution is 14.0. The number of nitrogens with zero attached hydrogens (tertiary/aromatic N) is 4. The van der Waals surface area contributed by atoms with E-state index in [1.54, 1.807) is 0 Å². The number of benzene rings is 1. The van der Waals surface area contributed by atoms with Crippen LogP contribution in [0.5, 0.6) is 0 Å². The van der Waals surface area contributed by atoms with Gasteiger partial charge in [-0.25, -0.2) is 4.98 Å². The van der Waals surface area contributed by atoms with E-state index in [2.05, 4.69) is 50.8 Å². The second-order valence-corrected chi connectivity index (χ2v) is 8.51. The summed E-state index contributed by atoms with van der Waals surface area (Å²) in [7, 11) is 8.03. The minimum absolute atomic E-state index is 0. The number of anilines is 1. The third kappa shape index (κ3) is 6.95. The van der Waals surface area contributed by atoms with Crippen LogP contribution in [0.1, 0.15) is 30.0 Å². The molecule has 31 heavy (non-hydrogen) atoms. The van der Waals surface area contributed by atoms with Crippen LogP contribution in [-0.4, -0.2) is 57.1 Å². The zero-order valence-corrected chi connectivity index (χ0v) is 21.9. The Morgan fingerprint density at radius 2 is 2.06 bits per heavy atom. The Morgan fingerprint density at radius 1 is 1.26 bits per heavy atom. The highest BCUT2D eigenvalue weighted by atomic mass is 127. The molecule has 8 heteroatoms. The Bertz CT molecular complexity index is 859. The molecule has 2 heterocycles. The molecule has 0 amide bonds. The molecule has 1 aliphatic rings. The number of guanidine groups is 1. The van der Waals surface area contributed by atoms with Gasteiger partial charge in [0.2, 0.25) is 0 Å². The average Bonchev–Trinajstić information content (AvgIpc) is 2.74. The largest absolute Gasteiger partial charge is 0.362 e. The van der Waals surface area contributed by atoms with Crippen LogP contribution in [0.2, 0.25) is 5.02 Å². The minimum Gasteiger partial charge on any atom is -0.362 e. The molecule has 2 N–H and O–H groups in total. The van der Waals surface area contributed by atoms with Gasteiger partial charge in [-0.15, -0.1) is 24.0 Å². The fourth-order valence-corrected chi connectivity index (χ4v) is 4.49. The van der Waals surface area contributed by atoms with Crippen LogP contribution in [0.25, 0.3) is 0 Å². The van der Waals surface area contributed by atoms with Gasteiger partial charge in [-0.3, -0.25) is 9.89 Å². The molecule has 3 rings (SSSR count). The molecule has 1 aliphatic heterocycles. The van der Waals surface area contributed by atoms with Crippen LogP contribution >= 0.6 is 35.6 Å². The lowest BCUT2D eigenvalue weighted by Crippen LogP contribution is -2.45. The average molecular weight is 557 g/mol. The number of halogens is 2. The normalized spacial score (nSPS) is 19.5. The summed E-state index contributed by atoms with van der Waals surface area (Å²) in [6, 6.07) is 12.7. The first-order valence-corrected chi connectivity index (χ1v) is 10.9. The van der Waals surface area contributed by atoms with Gasteiger partial charge in [0.15, 0.2) is 5.96 Å². The Labute approximate surface area is 208 Å². The SMILES string of the molecule is CN=C(NCc1cccnc1N(C)C)NCC1CCCN(C)C1c1cccc(Cl)c1.I. The maximum Gasteiger partial charge on any atom is 0.191 e. The molecule has 1 aromatic carbocycles. The van der Waals surface area contributed by atoms with E-state index in [4.69, 9.17) is 11.6 Å². The van der Waals surface area contributed by atoms with Gasteiger partial charge >= 0.3 is 0 Å². The molecule has 1 saturated heterocycles. The zero-order chi connectivity index (χ0) is 21.5. The maximum atomic E-state index is 6.27. The van der Waals surface area contributed by atoms with Crippen LogP contribution in [0.15, 0.2) is 47.6 Å². The summed E-state index contributed by atoms with van der Waals surface area (Å²) >= 11 is 6.27. The number of aromatic nitrogens is 1. The van der Waals surface area contributed by atoms with Gasteiger partial charge in [-0.1, -0.05) is 29.8 Å². The van der Waals surface area contributed by atoms with E-state index in [0.717, 1.165) is 35.5 Å². The molecule has 6 nitrogen and oxygen atoms in total. The summed E-state index contributed by atoms with van der Waals surface area (Å²) in [6.07, 6.45) is 4.20. The van der Waals surface area contributed by atoms with Gasteiger partial charge in [-0.2, -0.15) is 0 Å². The molecule has 0 spiro atoms. The van der Waals surface area contributed by atoms with Crippen molar-refractivity contribution in [1.29, 1.82) is 0 Å². The van der Waals surface area contributed by atoms with Crippen LogP contribution in [-0.2, 0) is 6.54 Å². The summed E-state index contributed by atoms with van der Waals surface area (Å²) < 4.78 is 0. The Hall–Kier alpha value is -1.58. The Balaban J connectivity index is 0.00000341. The summed E-state index contributed by atoms with van der Waals surface area (Å²) in [6.45, 7) is 2.63. The Morgan fingerprint density at radius 3 is 2.77 bits per heavy atom. The summed E-state index contributed by atoms with van der Waals surface area (Å²) in [5.74, 6) is 2.26. The first-order chi connectivity index (χ1) is 14.5. The van der Waals surface area contributed by atoms with Crippen molar-refractivity contribution >= 4 is 47.4 Å². The standard InChI is InChI=1S/C23H33ClN6.HI/c1-25-23(28-16-19-9-6-12-26-22(19)29(2)3)27-15-18-10-7-13-30(4)21(18)17-8-5-11-20(24)14-17;/h5-6,8-9,11-12,14,18,21H,7,10,13,15-16H2,1-4H3,(H2,25,27,28);1H. The van der Waals surface area contributed by atoms with Gasteiger partial charge in [0.25, 0.3) is 0 Å². The summed E-state index contributed by atoms with van der Waals surface area (Å²) in [5, 5.41) is 7.77. The Kier molecular flexibility index (Phi) is 10.3. The third-order valence-electron chi connectivity index (χ3n) is 5.69. The molecular weight excluding hydrogens is 523 g/mol. The number of hydrogen-bond acceptors (Lipinski definition) is 4. The fourth-order valence-electron chi connectivity index (χ4n) is 4.29. The number of piperidine rings is 1. The molecule has 2 unspecified atom stereocenters. The van der Waals surface area contributed by atoms with Gasteiger partial charge in [-0.05, 0) is 56.1 Å². The molecule has 2 aromatic rings. The van der Waals surface area contributed by atoms with Crippen molar-refractivity contribution in [1.82, 2.24) is 20.5 Å². The van der Waals surface area contributed by atoms with Crippen LogP contribution in [0.3, 0.4) is 0 Å². The molecule has 2 atom stereocenters. The molecular formula is C23H34ClIN6. The van der Waals surface area contributed by atoms with E-state index >= 15 is 0 Å². The number of pyridine rings is 1. The van der Waals surface area contributed by atoms with Crippen molar-refractivity contribution in [2.24, 2.45) is 10.9 Å². The lowest BCUT2D eigenvalue weighted by molar-refractivity contribution is 0.122. The first-order valence-electron chi connectivity index (χ1n) is 10.5. The molecule has 1 aromatic heterocycles. The van der Waals surface area contributed by atoms with Gasteiger partial charge < -0.3 is 15.5 Å². The molecule has 1 fully saturated rings. The van der Waals surface area contributed by atoms with Gasteiger partial charge in [0.1, 0.15) is 5.82 Å². The number of rotatable bonds is 6. The molecule has 0 aliphatic carbocycles. The highest BCUT2D eigenvalue weighted by Crippen LogP contribution is 2.35. The van der Waals surface area contributed by atoms with Gasteiger partial charge in [0, 0.05) is 57.1 Å². The van der Waals surface area contributed by atoms with Crippen molar-refractivity contribution in [3.05, 3.63) is 58.7 Å². The van der Waals surface area contributed by atoms with Crippen LogP contribution < -0.4 is 15.5 Å². The van der Waals surface area contributed by atoms with Crippen LogP contribution in [0.4, 0.5) is 5.82 Å². The third-order valence-corrected chi connectivity index (χ3v) is 5.93. The number of hydrogen-bond donors (Lipinski definition) is 2. The summed E-state index contributed by atoms with van der Waals surface area (Å²) in [4.78, 5) is 13.4. The summed E-state index contributed by atoms with van der Waals surface area (Å²) in [5.41, 5.74) is 2.42. The lowest BCUT2D eigenvalue weighted by atomic mass is 9.85. The van der Waals surface area contributed by atoms with Crippen molar-refractivity contribution < 1.29 is 0 Å².